The Hall–Kier alpha value is -1.85. The lowest BCUT2D eigenvalue weighted by atomic mass is 10.1. The average molecular weight is 248 g/mol. The van der Waals surface area contributed by atoms with Gasteiger partial charge in [-0.3, -0.25) is 4.98 Å². The van der Waals surface area contributed by atoms with Crippen LogP contribution in [0.2, 0.25) is 0 Å². The standard InChI is InChI=1S/C13H16N2O3/c1-9-13(17)12(10(8-16)5-15-9)7-14-6-11-3-2-4-18-11/h2-5,14,16-17H,6-8H2,1H3. The molecule has 0 bridgehead atoms. The molecule has 0 atom stereocenters. The smallest absolute Gasteiger partial charge is 0.141 e. The summed E-state index contributed by atoms with van der Waals surface area (Å²) in [4.78, 5) is 4.01. The highest BCUT2D eigenvalue weighted by molar-refractivity contribution is 5.40. The zero-order chi connectivity index (χ0) is 13.0. The van der Waals surface area contributed by atoms with Crippen molar-refractivity contribution in [3.63, 3.8) is 0 Å². The van der Waals surface area contributed by atoms with E-state index in [2.05, 4.69) is 10.3 Å². The molecule has 0 aliphatic heterocycles. The lowest BCUT2D eigenvalue weighted by molar-refractivity contribution is 0.278. The van der Waals surface area contributed by atoms with Crippen LogP contribution in [0.1, 0.15) is 22.6 Å². The third-order valence-corrected chi connectivity index (χ3v) is 2.78. The number of hydrogen-bond donors (Lipinski definition) is 3. The summed E-state index contributed by atoms with van der Waals surface area (Å²) in [5, 5.41) is 22.3. The van der Waals surface area contributed by atoms with Crippen molar-refractivity contribution >= 4 is 0 Å². The molecular weight excluding hydrogens is 232 g/mol. The van der Waals surface area contributed by atoms with E-state index in [1.807, 2.05) is 12.1 Å². The molecule has 2 aromatic rings. The highest BCUT2D eigenvalue weighted by Gasteiger charge is 2.10. The molecule has 0 amide bonds. The summed E-state index contributed by atoms with van der Waals surface area (Å²) in [6, 6.07) is 3.70. The normalized spacial score (nSPS) is 10.8. The van der Waals surface area contributed by atoms with E-state index >= 15 is 0 Å². The van der Waals surface area contributed by atoms with E-state index in [0.717, 1.165) is 5.76 Å². The summed E-state index contributed by atoms with van der Waals surface area (Å²) in [7, 11) is 0. The fraction of sp³-hybridized carbons (Fsp3) is 0.308. The number of hydrogen-bond acceptors (Lipinski definition) is 5. The van der Waals surface area contributed by atoms with Crippen molar-refractivity contribution < 1.29 is 14.6 Å². The van der Waals surface area contributed by atoms with Gasteiger partial charge in [-0.25, -0.2) is 0 Å². The predicted octanol–water partition coefficient (Wildman–Crippen LogP) is 1.47. The molecule has 0 aromatic carbocycles. The Morgan fingerprint density at radius 2 is 2.22 bits per heavy atom. The van der Waals surface area contributed by atoms with Gasteiger partial charge in [0, 0.05) is 23.9 Å². The minimum atomic E-state index is -0.140. The summed E-state index contributed by atoms with van der Waals surface area (Å²) >= 11 is 0. The fourth-order valence-corrected chi connectivity index (χ4v) is 1.74. The van der Waals surface area contributed by atoms with Crippen molar-refractivity contribution in [3.8, 4) is 5.75 Å². The number of aryl methyl sites for hydroxylation is 1. The van der Waals surface area contributed by atoms with E-state index in [9.17, 15) is 10.2 Å². The van der Waals surface area contributed by atoms with E-state index in [-0.39, 0.29) is 12.4 Å². The molecule has 2 heterocycles. The average Bonchev–Trinajstić information content (AvgIpc) is 2.88. The van der Waals surface area contributed by atoms with Crippen molar-refractivity contribution in [2.75, 3.05) is 0 Å². The Kier molecular flexibility index (Phi) is 3.96. The molecule has 0 spiro atoms. The number of aliphatic hydroxyl groups is 1. The maximum atomic E-state index is 9.93. The molecule has 3 N–H and O–H groups in total. The number of aromatic nitrogens is 1. The summed E-state index contributed by atoms with van der Waals surface area (Å²) in [5.41, 5.74) is 1.86. The molecule has 96 valence electrons. The van der Waals surface area contributed by atoms with Crippen LogP contribution in [0, 0.1) is 6.92 Å². The van der Waals surface area contributed by atoms with Crippen LogP contribution in [-0.4, -0.2) is 15.2 Å². The monoisotopic (exact) mass is 248 g/mol. The largest absolute Gasteiger partial charge is 0.506 e. The highest BCUT2D eigenvalue weighted by Crippen LogP contribution is 2.23. The van der Waals surface area contributed by atoms with Crippen molar-refractivity contribution in [1.29, 1.82) is 0 Å². The summed E-state index contributed by atoms with van der Waals surface area (Å²) < 4.78 is 5.20. The number of aromatic hydroxyl groups is 1. The molecule has 0 unspecified atom stereocenters. The molecule has 0 radical (unpaired) electrons. The van der Waals surface area contributed by atoms with Gasteiger partial charge in [-0.15, -0.1) is 0 Å². The Morgan fingerprint density at radius 3 is 2.89 bits per heavy atom. The molecule has 0 fully saturated rings. The van der Waals surface area contributed by atoms with Gasteiger partial charge >= 0.3 is 0 Å². The highest BCUT2D eigenvalue weighted by atomic mass is 16.3. The van der Waals surface area contributed by atoms with E-state index in [1.165, 1.54) is 0 Å². The Labute approximate surface area is 105 Å². The molecule has 5 nitrogen and oxygen atoms in total. The first-order valence-electron chi connectivity index (χ1n) is 5.72. The molecule has 18 heavy (non-hydrogen) atoms. The van der Waals surface area contributed by atoms with Gasteiger partial charge in [0.15, 0.2) is 0 Å². The zero-order valence-corrected chi connectivity index (χ0v) is 10.2. The Morgan fingerprint density at radius 1 is 1.39 bits per heavy atom. The molecule has 2 aromatic heterocycles. The maximum Gasteiger partial charge on any atom is 0.141 e. The van der Waals surface area contributed by atoms with Crippen LogP contribution in [-0.2, 0) is 19.7 Å². The quantitative estimate of drug-likeness (QED) is 0.746. The van der Waals surface area contributed by atoms with Gasteiger partial charge in [0.1, 0.15) is 11.5 Å². The summed E-state index contributed by atoms with van der Waals surface area (Å²) in [6.07, 6.45) is 3.20. The van der Waals surface area contributed by atoms with Crippen molar-refractivity contribution in [2.45, 2.75) is 26.6 Å². The second kappa shape index (κ2) is 5.66. The van der Waals surface area contributed by atoms with Gasteiger partial charge < -0.3 is 19.9 Å². The number of nitrogens with one attached hydrogen (secondary N) is 1. The van der Waals surface area contributed by atoms with Crippen LogP contribution in [0.3, 0.4) is 0 Å². The van der Waals surface area contributed by atoms with Crippen LogP contribution in [0.5, 0.6) is 5.75 Å². The van der Waals surface area contributed by atoms with E-state index < -0.39 is 0 Å². The second-order valence-corrected chi connectivity index (χ2v) is 4.04. The summed E-state index contributed by atoms with van der Waals surface area (Å²) in [6.45, 7) is 2.61. The van der Waals surface area contributed by atoms with Crippen LogP contribution in [0.4, 0.5) is 0 Å². The van der Waals surface area contributed by atoms with Gasteiger partial charge in [-0.2, -0.15) is 0 Å². The van der Waals surface area contributed by atoms with Crippen molar-refractivity contribution in [1.82, 2.24) is 10.3 Å². The van der Waals surface area contributed by atoms with Crippen LogP contribution >= 0.6 is 0 Å². The Balaban J connectivity index is 2.06. The zero-order valence-electron chi connectivity index (χ0n) is 10.2. The van der Waals surface area contributed by atoms with Crippen LogP contribution < -0.4 is 5.32 Å². The number of nitrogens with zero attached hydrogens (tertiary/aromatic N) is 1. The van der Waals surface area contributed by atoms with Crippen molar-refractivity contribution in [2.24, 2.45) is 0 Å². The number of aliphatic hydroxyl groups excluding tert-OH is 1. The summed E-state index contributed by atoms with van der Waals surface area (Å²) in [5.74, 6) is 0.958. The number of furan rings is 1. The first kappa shape index (κ1) is 12.6. The van der Waals surface area contributed by atoms with E-state index in [4.69, 9.17) is 4.42 Å². The van der Waals surface area contributed by atoms with Gasteiger partial charge in [-0.1, -0.05) is 0 Å². The first-order valence-corrected chi connectivity index (χ1v) is 5.72. The van der Waals surface area contributed by atoms with Crippen LogP contribution in [0.15, 0.2) is 29.0 Å². The molecule has 0 aliphatic carbocycles. The fourth-order valence-electron chi connectivity index (χ4n) is 1.74. The van der Waals surface area contributed by atoms with E-state index in [0.29, 0.717) is 29.9 Å². The second-order valence-electron chi connectivity index (χ2n) is 4.04. The Bertz CT molecular complexity index is 509. The predicted molar refractivity (Wildman–Crippen MR) is 65.8 cm³/mol. The number of rotatable bonds is 5. The minimum Gasteiger partial charge on any atom is -0.506 e. The van der Waals surface area contributed by atoms with E-state index in [1.54, 1.807) is 19.4 Å². The topological polar surface area (TPSA) is 78.5 Å². The van der Waals surface area contributed by atoms with Gasteiger partial charge in [0.2, 0.25) is 0 Å². The maximum absolute atomic E-state index is 9.93. The van der Waals surface area contributed by atoms with Gasteiger partial charge in [0.25, 0.3) is 0 Å². The number of pyridine rings is 1. The molecule has 0 saturated carbocycles. The van der Waals surface area contributed by atoms with Gasteiger partial charge in [-0.05, 0) is 19.1 Å². The minimum absolute atomic E-state index is 0.133. The SMILES string of the molecule is Cc1ncc(CO)c(CNCc2ccco2)c1O. The third-order valence-electron chi connectivity index (χ3n) is 2.78. The molecule has 5 heteroatoms. The molecule has 2 rings (SSSR count). The lowest BCUT2D eigenvalue weighted by Gasteiger charge is -2.11. The first-order chi connectivity index (χ1) is 8.72. The third kappa shape index (κ3) is 2.69. The van der Waals surface area contributed by atoms with Crippen molar-refractivity contribution in [3.05, 3.63) is 47.2 Å². The molecule has 0 saturated heterocycles. The lowest BCUT2D eigenvalue weighted by Crippen LogP contribution is -2.14. The van der Waals surface area contributed by atoms with Gasteiger partial charge in [0.05, 0.1) is 25.1 Å². The molecule has 0 aliphatic rings. The van der Waals surface area contributed by atoms with Crippen LogP contribution in [0.25, 0.3) is 0 Å². The molecular formula is C13H16N2O3.